The van der Waals surface area contributed by atoms with Gasteiger partial charge >= 0.3 is 0 Å². The first kappa shape index (κ1) is 7.22. The highest BCUT2D eigenvalue weighted by atomic mass is 13.9. The van der Waals surface area contributed by atoms with E-state index >= 15 is 0 Å². The minimum Gasteiger partial charge on any atom is -0.0985 e. The van der Waals surface area contributed by atoms with Crippen LogP contribution in [0.4, 0.5) is 0 Å². The van der Waals surface area contributed by atoms with Gasteiger partial charge in [0.2, 0.25) is 0 Å². The van der Waals surface area contributed by atoms with Crippen LogP contribution in [0.2, 0.25) is 0 Å². The Morgan fingerprint density at radius 3 is 2.12 bits per heavy atom. The van der Waals surface area contributed by atoms with Crippen molar-refractivity contribution in [2.24, 2.45) is 0 Å². The summed E-state index contributed by atoms with van der Waals surface area (Å²) in [5.74, 6) is 0. The molecule has 0 saturated heterocycles. The number of allylic oxidation sites excluding steroid dienone is 4. The molecule has 0 fully saturated rings. The van der Waals surface area contributed by atoms with Crippen LogP contribution >= 0.6 is 0 Å². The van der Waals surface area contributed by atoms with Gasteiger partial charge in [-0.1, -0.05) is 25.3 Å². The molecule has 0 atom stereocenters. The Labute approximate surface area is 51.2 Å². The fraction of sp³-hybridized carbons (Fsp3) is 0.250. The lowest BCUT2D eigenvalue weighted by atomic mass is 10.1. The van der Waals surface area contributed by atoms with Crippen molar-refractivity contribution >= 4 is 0 Å². The summed E-state index contributed by atoms with van der Waals surface area (Å²) in [7, 11) is 0. The van der Waals surface area contributed by atoms with Crippen LogP contribution in [0.1, 0.15) is 13.8 Å². The van der Waals surface area contributed by atoms with Crippen molar-refractivity contribution in [3.8, 4) is 0 Å². The van der Waals surface area contributed by atoms with E-state index in [0.29, 0.717) is 0 Å². The summed E-state index contributed by atoms with van der Waals surface area (Å²) >= 11 is 0. The Kier molecular flexibility index (Phi) is 2.93. The first-order valence-electron chi connectivity index (χ1n) is 2.67. The van der Waals surface area contributed by atoms with Gasteiger partial charge in [0, 0.05) is 0 Å². The average molecular weight is 108 g/mol. The van der Waals surface area contributed by atoms with E-state index in [0.717, 1.165) is 5.57 Å². The molecule has 0 unspecified atom stereocenters. The Morgan fingerprint density at radius 2 is 2.00 bits per heavy atom. The lowest BCUT2D eigenvalue weighted by Gasteiger charge is -1.94. The van der Waals surface area contributed by atoms with E-state index in [1.54, 1.807) is 6.08 Å². The van der Waals surface area contributed by atoms with Crippen molar-refractivity contribution in [2.45, 2.75) is 13.8 Å². The van der Waals surface area contributed by atoms with E-state index in [4.69, 9.17) is 0 Å². The van der Waals surface area contributed by atoms with Crippen molar-refractivity contribution in [2.75, 3.05) is 0 Å². The van der Waals surface area contributed by atoms with Gasteiger partial charge in [0.25, 0.3) is 0 Å². The van der Waals surface area contributed by atoms with Crippen molar-refractivity contribution in [3.05, 3.63) is 36.5 Å². The van der Waals surface area contributed by atoms with E-state index in [2.05, 4.69) is 13.2 Å². The molecule has 0 heterocycles. The maximum absolute atomic E-state index is 3.76. The molecule has 0 aromatic rings. The number of hydrogen-bond donors (Lipinski definition) is 0. The molecule has 0 amide bonds. The first-order valence-corrected chi connectivity index (χ1v) is 2.67. The summed E-state index contributed by atoms with van der Waals surface area (Å²) in [6, 6.07) is 0. The molecule has 0 saturated carbocycles. The molecule has 0 N–H and O–H groups in total. The molecule has 44 valence electrons. The van der Waals surface area contributed by atoms with E-state index < -0.39 is 0 Å². The normalized spacial score (nSPS) is 11.0. The summed E-state index contributed by atoms with van der Waals surface area (Å²) in [6.45, 7) is 11.4. The van der Waals surface area contributed by atoms with Crippen LogP contribution in [0.3, 0.4) is 0 Å². The third kappa shape index (κ3) is 1.78. The maximum atomic E-state index is 3.76. The van der Waals surface area contributed by atoms with Crippen LogP contribution in [-0.4, -0.2) is 0 Å². The van der Waals surface area contributed by atoms with Gasteiger partial charge < -0.3 is 0 Å². The quantitative estimate of drug-likeness (QED) is 0.477. The zero-order valence-corrected chi connectivity index (χ0v) is 5.57. The van der Waals surface area contributed by atoms with Crippen LogP contribution in [0.15, 0.2) is 36.5 Å². The molecule has 0 heteroatoms. The van der Waals surface area contributed by atoms with Crippen LogP contribution in [0.25, 0.3) is 0 Å². The summed E-state index contributed by atoms with van der Waals surface area (Å²) in [4.78, 5) is 0. The summed E-state index contributed by atoms with van der Waals surface area (Å²) in [5, 5.41) is 0. The summed E-state index contributed by atoms with van der Waals surface area (Å²) < 4.78 is 0. The van der Waals surface area contributed by atoms with Crippen molar-refractivity contribution in [3.63, 3.8) is 0 Å². The predicted molar refractivity (Wildman–Crippen MR) is 38.8 cm³/mol. The predicted octanol–water partition coefficient (Wildman–Crippen LogP) is 2.69. The second-order valence-electron chi connectivity index (χ2n) is 1.70. The minimum atomic E-state index is 1.01. The Bertz CT molecular complexity index is 127. The second-order valence-corrected chi connectivity index (χ2v) is 1.70. The summed E-state index contributed by atoms with van der Waals surface area (Å²) in [6.07, 6.45) is 3.78. The molecular formula is C8H12. The highest BCUT2D eigenvalue weighted by Gasteiger charge is 1.84. The van der Waals surface area contributed by atoms with Crippen LogP contribution in [0, 0.1) is 0 Å². The lowest BCUT2D eigenvalue weighted by molar-refractivity contribution is 1.42. The van der Waals surface area contributed by atoms with E-state index in [-0.39, 0.29) is 0 Å². The molecule has 0 radical (unpaired) electrons. The maximum Gasteiger partial charge on any atom is -0.0309 e. The third-order valence-electron chi connectivity index (χ3n) is 1.19. The molecule has 0 aliphatic carbocycles. The standard InChI is InChI=1S/C8H12/c1-5-7(3)8(4)6-2/h5-6H,1,3H2,2,4H3/b8-6+. The van der Waals surface area contributed by atoms with Crippen molar-refractivity contribution in [1.82, 2.24) is 0 Å². The fourth-order valence-electron chi connectivity index (χ4n) is 0.346. The summed E-state index contributed by atoms with van der Waals surface area (Å²) in [5.41, 5.74) is 2.20. The molecule has 0 spiro atoms. The van der Waals surface area contributed by atoms with Crippen LogP contribution in [-0.2, 0) is 0 Å². The average Bonchev–Trinajstić information content (AvgIpc) is 1.84. The fourth-order valence-corrected chi connectivity index (χ4v) is 0.346. The zero-order chi connectivity index (χ0) is 6.57. The van der Waals surface area contributed by atoms with Gasteiger partial charge in [-0.3, -0.25) is 0 Å². The topological polar surface area (TPSA) is 0 Å². The second kappa shape index (κ2) is 3.25. The SMILES string of the molecule is C=CC(=C)/C(C)=C/C. The molecule has 0 aliphatic heterocycles. The van der Waals surface area contributed by atoms with Gasteiger partial charge in [0.05, 0.1) is 0 Å². The first-order chi connectivity index (χ1) is 3.72. The number of hydrogen-bond acceptors (Lipinski definition) is 0. The van der Waals surface area contributed by atoms with Crippen molar-refractivity contribution in [1.29, 1.82) is 0 Å². The van der Waals surface area contributed by atoms with Gasteiger partial charge in [0.15, 0.2) is 0 Å². The molecule has 8 heavy (non-hydrogen) atoms. The van der Waals surface area contributed by atoms with Gasteiger partial charge in [-0.05, 0) is 25.0 Å². The van der Waals surface area contributed by atoms with E-state index in [1.165, 1.54) is 5.57 Å². The largest absolute Gasteiger partial charge is 0.0985 e. The number of rotatable bonds is 2. The minimum absolute atomic E-state index is 1.01. The van der Waals surface area contributed by atoms with Gasteiger partial charge in [0.1, 0.15) is 0 Å². The Hall–Kier alpha value is -0.780. The molecule has 0 rings (SSSR count). The molecule has 0 nitrogen and oxygen atoms in total. The molecule has 0 bridgehead atoms. The molecule has 0 aliphatic rings. The third-order valence-corrected chi connectivity index (χ3v) is 1.19. The smallest absolute Gasteiger partial charge is 0.0309 e. The highest BCUT2D eigenvalue weighted by molar-refractivity contribution is 5.33. The van der Waals surface area contributed by atoms with E-state index in [1.807, 2.05) is 19.9 Å². The highest BCUT2D eigenvalue weighted by Crippen LogP contribution is 2.05. The van der Waals surface area contributed by atoms with Gasteiger partial charge in [-0.2, -0.15) is 0 Å². The van der Waals surface area contributed by atoms with E-state index in [9.17, 15) is 0 Å². The zero-order valence-electron chi connectivity index (χ0n) is 5.57. The van der Waals surface area contributed by atoms with Crippen molar-refractivity contribution < 1.29 is 0 Å². The monoisotopic (exact) mass is 108 g/mol. The Balaban J connectivity index is 4.03. The Morgan fingerprint density at radius 1 is 1.50 bits per heavy atom. The van der Waals surface area contributed by atoms with Crippen LogP contribution < -0.4 is 0 Å². The lowest BCUT2D eigenvalue weighted by Crippen LogP contribution is -1.73. The van der Waals surface area contributed by atoms with Gasteiger partial charge in [-0.15, -0.1) is 0 Å². The molecule has 0 aromatic heterocycles. The molecular weight excluding hydrogens is 96.1 g/mol. The van der Waals surface area contributed by atoms with Crippen LogP contribution in [0.5, 0.6) is 0 Å². The van der Waals surface area contributed by atoms with Gasteiger partial charge in [-0.25, -0.2) is 0 Å². The molecule has 0 aromatic carbocycles.